The van der Waals surface area contributed by atoms with Crippen LogP contribution in [0.5, 0.6) is 0 Å². The third-order valence-corrected chi connectivity index (χ3v) is 6.60. The van der Waals surface area contributed by atoms with Gasteiger partial charge in [0.1, 0.15) is 6.04 Å². The van der Waals surface area contributed by atoms with Gasteiger partial charge in [0, 0.05) is 26.2 Å². The Balaban J connectivity index is 2.02. The lowest BCUT2D eigenvalue weighted by Gasteiger charge is -2.36. The van der Waals surface area contributed by atoms with Gasteiger partial charge in [-0.25, -0.2) is 13.2 Å². The summed E-state index contributed by atoms with van der Waals surface area (Å²) in [4.78, 5) is 26.4. The van der Waals surface area contributed by atoms with Crippen LogP contribution < -0.4 is 5.32 Å². The molecule has 28 heavy (non-hydrogen) atoms. The minimum absolute atomic E-state index is 0.119. The van der Waals surface area contributed by atoms with Gasteiger partial charge in [0.2, 0.25) is 15.9 Å². The Morgan fingerprint density at radius 2 is 1.68 bits per heavy atom. The van der Waals surface area contributed by atoms with Crippen LogP contribution in [-0.2, 0) is 19.6 Å². The number of carbonyl (C=O) groups excluding carboxylic acids is 2. The number of rotatable bonds is 6. The fourth-order valence-electron chi connectivity index (χ4n) is 3.02. The molecule has 1 heterocycles. The minimum atomic E-state index is -3.59. The van der Waals surface area contributed by atoms with E-state index in [-0.39, 0.29) is 49.5 Å². The van der Waals surface area contributed by atoms with Crippen molar-refractivity contribution in [2.24, 2.45) is 5.92 Å². The van der Waals surface area contributed by atoms with Crippen molar-refractivity contribution in [2.75, 3.05) is 32.8 Å². The number of ether oxygens (including phenoxy) is 1. The van der Waals surface area contributed by atoms with E-state index in [0.717, 1.165) is 5.56 Å². The van der Waals surface area contributed by atoms with Crippen LogP contribution in [0.15, 0.2) is 29.2 Å². The molecule has 0 aliphatic carbocycles. The number of hydrogen-bond acceptors (Lipinski definition) is 5. The summed E-state index contributed by atoms with van der Waals surface area (Å²) in [6.45, 7) is 8.48. The molecule has 1 aromatic carbocycles. The number of benzene rings is 1. The summed E-state index contributed by atoms with van der Waals surface area (Å²) in [5.41, 5.74) is 0.989. The monoisotopic (exact) mass is 411 g/mol. The zero-order valence-electron chi connectivity index (χ0n) is 16.8. The van der Waals surface area contributed by atoms with Crippen LogP contribution in [0.25, 0.3) is 0 Å². The van der Waals surface area contributed by atoms with Crippen LogP contribution in [0.3, 0.4) is 0 Å². The Morgan fingerprint density at radius 1 is 1.11 bits per heavy atom. The molecular weight excluding hydrogens is 382 g/mol. The highest BCUT2D eigenvalue weighted by Gasteiger charge is 2.34. The number of piperazine rings is 1. The summed E-state index contributed by atoms with van der Waals surface area (Å²) in [5.74, 6) is -0.346. The minimum Gasteiger partial charge on any atom is -0.450 e. The Labute approximate surface area is 166 Å². The second-order valence-corrected chi connectivity index (χ2v) is 9.07. The van der Waals surface area contributed by atoms with Gasteiger partial charge in [0.05, 0.1) is 11.5 Å². The van der Waals surface area contributed by atoms with E-state index < -0.39 is 22.2 Å². The van der Waals surface area contributed by atoms with Gasteiger partial charge in [0.25, 0.3) is 0 Å². The predicted molar refractivity (Wildman–Crippen MR) is 105 cm³/mol. The van der Waals surface area contributed by atoms with Crippen LogP contribution in [0.4, 0.5) is 4.79 Å². The molecule has 1 fully saturated rings. The highest BCUT2D eigenvalue weighted by atomic mass is 32.2. The second-order valence-electron chi connectivity index (χ2n) is 7.13. The first-order valence-electron chi connectivity index (χ1n) is 9.45. The van der Waals surface area contributed by atoms with Crippen LogP contribution >= 0.6 is 0 Å². The highest BCUT2D eigenvalue weighted by molar-refractivity contribution is 7.89. The Hall–Kier alpha value is -2.13. The number of aryl methyl sites for hydroxylation is 1. The maximum atomic E-state index is 12.8. The zero-order valence-corrected chi connectivity index (χ0v) is 17.7. The van der Waals surface area contributed by atoms with Crippen LogP contribution in [0.2, 0.25) is 0 Å². The third kappa shape index (κ3) is 5.23. The number of amides is 2. The molecule has 0 saturated carbocycles. The average molecular weight is 412 g/mol. The van der Waals surface area contributed by atoms with E-state index in [0.29, 0.717) is 0 Å². The Morgan fingerprint density at radius 3 is 2.18 bits per heavy atom. The maximum absolute atomic E-state index is 12.8. The van der Waals surface area contributed by atoms with Crippen molar-refractivity contribution in [3.05, 3.63) is 29.8 Å². The molecule has 1 aliphatic heterocycles. The standard InChI is InChI=1S/C19H29N3O5S/c1-5-27-19(24)20-17(14(2)3)18(23)21-10-12-22(13-11-21)28(25,26)16-8-6-15(4)7-9-16/h6-9,14,17H,5,10-13H2,1-4H3,(H,20,24). The van der Waals surface area contributed by atoms with Gasteiger partial charge in [0.15, 0.2) is 0 Å². The molecule has 2 amide bonds. The van der Waals surface area contributed by atoms with Crippen molar-refractivity contribution in [3.63, 3.8) is 0 Å². The van der Waals surface area contributed by atoms with Gasteiger partial charge < -0.3 is 15.0 Å². The summed E-state index contributed by atoms with van der Waals surface area (Å²) in [6, 6.07) is 6.02. The van der Waals surface area contributed by atoms with Crippen molar-refractivity contribution >= 4 is 22.0 Å². The van der Waals surface area contributed by atoms with Gasteiger partial charge in [-0.2, -0.15) is 4.31 Å². The number of nitrogens with one attached hydrogen (secondary N) is 1. The van der Waals surface area contributed by atoms with E-state index >= 15 is 0 Å². The van der Waals surface area contributed by atoms with E-state index in [1.54, 1.807) is 36.1 Å². The summed E-state index contributed by atoms with van der Waals surface area (Å²) >= 11 is 0. The van der Waals surface area contributed by atoms with Crippen LogP contribution in [0.1, 0.15) is 26.3 Å². The van der Waals surface area contributed by atoms with E-state index in [4.69, 9.17) is 4.74 Å². The van der Waals surface area contributed by atoms with E-state index in [9.17, 15) is 18.0 Å². The fourth-order valence-corrected chi connectivity index (χ4v) is 4.44. The van der Waals surface area contributed by atoms with Crippen molar-refractivity contribution in [1.82, 2.24) is 14.5 Å². The normalized spacial score (nSPS) is 16.7. The summed E-state index contributed by atoms with van der Waals surface area (Å²) < 4.78 is 31.8. The fraction of sp³-hybridized carbons (Fsp3) is 0.579. The van der Waals surface area contributed by atoms with E-state index in [1.165, 1.54) is 4.31 Å². The topological polar surface area (TPSA) is 96.0 Å². The molecule has 1 aliphatic rings. The lowest BCUT2D eigenvalue weighted by molar-refractivity contribution is -0.135. The van der Waals surface area contributed by atoms with Gasteiger partial charge >= 0.3 is 6.09 Å². The summed E-state index contributed by atoms with van der Waals surface area (Å²) in [5, 5.41) is 2.60. The largest absolute Gasteiger partial charge is 0.450 e. The number of sulfonamides is 1. The molecule has 0 spiro atoms. The van der Waals surface area contributed by atoms with Crippen molar-refractivity contribution < 1.29 is 22.7 Å². The molecular formula is C19H29N3O5S. The first-order valence-corrected chi connectivity index (χ1v) is 10.9. The second kappa shape index (κ2) is 9.38. The van der Waals surface area contributed by atoms with Crippen molar-refractivity contribution in [2.45, 2.75) is 38.6 Å². The Kier molecular flexibility index (Phi) is 7.42. The zero-order chi connectivity index (χ0) is 20.9. The SMILES string of the molecule is CCOC(=O)NC(C(=O)N1CCN(S(=O)(=O)c2ccc(C)cc2)CC1)C(C)C. The molecule has 1 atom stereocenters. The number of alkyl carbamates (subject to hydrolysis) is 1. The van der Waals surface area contributed by atoms with E-state index in [2.05, 4.69) is 5.32 Å². The molecule has 1 saturated heterocycles. The number of nitrogens with zero attached hydrogens (tertiary/aromatic N) is 2. The summed E-state index contributed by atoms with van der Waals surface area (Å²) in [7, 11) is -3.59. The first kappa shape index (κ1) is 22.2. The first-order chi connectivity index (χ1) is 13.2. The average Bonchev–Trinajstić information content (AvgIpc) is 2.66. The molecule has 8 nitrogen and oxygen atoms in total. The maximum Gasteiger partial charge on any atom is 0.407 e. The van der Waals surface area contributed by atoms with Crippen LogP contribution in [-0.4, -0.2) is 68.5 Å². The molecule has 156 valence electrons. The smallest absolute Gasteiger partial charge is 0.407 e. The summed E-state index contributed by atoms with van der Waals surface area (Å²) in [6.07, 6.45) is -0.630. The third-order valence-electron chi connectivity index (χ3n) is 4.69. The molecule has 0 radical (unpaired) electrons. The van der Waals surface area contributed by atoms with Gasteiger partial charge in [-0.15, -0.1) is 0 Å². The van der Waals surface area contributed by atoms with Crippen LogP contribution in [0, 0.1) is 12.8 Å². The quantitative estimate of drug-likeness (QED) is 0.767. The highest BCUT2D eigenvalue weighted by Crippen LogP contribution is 2.19. The van der Waals surface area contributed by atoms with E-state index in [1.807, 2.05) is 20.8 Å². The van der Waals surface area contributed by atoms with Gasteiger partial charge in [-0.05, 0) is 31.9 Å². The predicted octanol–water partition coefficient (Wildman–Crippen LogP) is 1.60. The molecule has 1 unspecified atom stereocenters. The number of hydrogen-bond donors (Lipinski definition) is 1. The van der Waals surface area contributed by atoms with Crippen molar-refractivity contribution in [3.8, 4) is 0 Å². The molecule has 0 aromatic heterocycles. The molecule has 1 N–H and O–H groups in total. The molecule has 9 heteroatoms. The lowest BCUT2D eigenvalue weighted by atomic mass is 10.0. The molecule has 1 aromatic rings. The van der Waals surface area contributed by atoms with Gasteiger partial charge in [-0.1, -0.05) is 31.5 Å². The van der Waals surface area contributed by atoms with Crippen molar-refractivity contribution in [1.29, 1.82) is 0 Å². The molecule has 2 rings (SSSR count). The molecule has 0 bridgehead atoms. The Bertz CT molecular complexity index is 784. The number of carbonyl (C=O) groups is 2. The van der Waals surface area contributed by atoms with Gasteiger partial charge in [-0.3, -0.25) is 4.79 Å². The lowest BCUT2D eigenvalue weighted by Crippen LogP contribution is -2.57.